The Hall–Kier alpha value is -0.290. The number of ether oxygens (including phenoxy) is 1. The summed E-state index contributed by atoms with van der Waals surface area (Å²) in [4.78, 5) is 1.31. The second-order valence-corrected chi connectivity index (χ2v) is 3.10. The lowest BCUT2D eigenvalue weighted by Crippen LogP contribution is -2.45. The molecule has 0 saturated carbocycles. The number of hydrogen-bond acceptors (Lipinski definition) is 2. The molecule has 1 fully saturated rings. The minimum absolute atomic E-state index is 0.126. The number of nitrogens with zero attached hydrogens (tertiary/aromatic N) is 1. The summed E-state index contributed by atoms with van der Waals surface area (Å²) in [6.45, 7) is 3.99. The fourth-order valence-electron chi connectivity index (χ4n) is 1.29. The van der Waals surface area contributed by atoms with Crippen LogP contribution < -0.4 is 0 Å². The van der Waals surface area contributed by atoms with Gasteiger partial charge in [0.15, 0.2) is 0 Å². The van der Waals surface area contributed by atoms with Crippen molar-refractivity contribution in [2.45, 2.75) is 32.3 Å². The van der Waals surface area contributed by atoms with E-state index in [0.29, 0.717) is 6.54 Å². The molecule has 2 nitrogen and oxygen atoms in total. The fraction of sp³-hybridized carbons (Fsp3) is 1.00. The van der Waals surface area contributed by atoms with Gasteiger partial charge in [-0.1, -0.05) is 0 Å². The Morgan fingerprint density at radius 1 is 1.42 bits per heavy atom. The number of hydrogen-bond donors (Lipinski definition) is 0. The lowest BCUT2D eigenvalue weighted by atomic mass is 10.3. The second-order valence-electron chi connectivity index (χ2n) is 3.10. The molecule has 1 rings (SSSR count). The van der Waals surface area contributed by atoms with Gasteiger partial charge in [-0.3, -0.25) is 4.90 Å². The highest BCUT2D eigenvalue weighted by Crippen LogP contribution is 2.29. The highest BCUT2D eigenvalue weighted by Gasteiger charge is 2.48. The van der Waals surface area contributed by atoms with Crippen LogP contribution in [0.1, 0.15) is 13.8 Å². The maximum absolute atomic E-state index is 12.2. The highest BCUT2D eigenvalue weighted by atomic mass is 19.4. The molecule has 0 aromatic heterocycles. The van der Waals surface area contributed by atoms with Crippen molar-refractivity contribution >= 4 is 0 Å². The number of alkyl halides is 3. The molecule has 1 saturated heterocycles. The summed E-state index contributed by atoms with van der Waals surface area (Å²) in [7, 11) is 0. The standard InChI is InChI=1S/C7H12F3NO/c1-5(2)11-3-4-12-6(11)7(8,9)10/h5-6H,3-4H2,1-2H3. The summed E-state index contributed by atoms with van der Waals surface area (Å²) >= 11 is 0. The average molecular weight is 183 g/mol. The van der Waals surface area contributed by atoms with Gasteiger partial charge in [0.1, 0.15) is 0 Å². The van der Waals surface area contributed by atoms with Crippen LogP contribution in [-0.2, 0) is 4.74 Å². The van der Waals surface area contributed by atoms with Crippen molar-refractivity contribution < 1.29 is 17.9 Å². The fourth-order valence-corrected chi connectivity index (χ4v) is 1.29. The van der Waals surface area contributed by atoms with Gasteiger partial charge in [0.2, 0.25) is 6.23 Å². The van der Waals surface area contributed by atoms with Crippen molar-refractivity contribution in [3.8, 4) is 0 Å². The van der Waals surface area contributed by atoms with Crippen molar-refractivity contribution in [3.63, 3.8) is 0 Å². The summed E-state index contributed by atoms with van der Waals surface area (Å²) in [5.74, 6) is 0. The maximum atomic E-state index is 12.2. The highest BCUT2D eigenvalue weighted by molar-refractivity contribution is 4.78. The molecule has 0 spiro atoms. The van der Waals surface area contributed by atoms with Gasteiger partial charge in [-0.2, -0.15) is 13.2 Å². The van der Waals surface area contributed by atoms with E-state index in [1.54, 1.807) is 13.8 Å². The predicted octanol–water partition coefficient (Wildman–Crippen LogP) is 1.62. The number of halogens is 3. The molecule has 0 N–H and O–H groups in total. The number of rotatable bonds is 1. The van der Waals surface area contributed by atoms with Crippen LogP contribution in [0.25, 0.3) is 0 Å². The molecule has 0 amide bonds. The van der Waals surface area contributed by atoms with Gasteiger partial charge in [-0.25, -0.2) is 0 Å². The van der Waals surface area contributed by atoms with Crippen LogP contribution in [0.5, 0.6) is 0 Å². The Morgan fingerprint density at radius 3 is 2.33 bits per heavy atom. The molecule has 5 heteroatoms. The quantitative estimate of drug-likeness (QED) is 0.612. The third kappa shape index (κ3) is 1.90. The molecule has 1 aliphatic rings. The Morgan fingerprint density at radius 2 is 2.00 bits per heavy atom. The topological polar surface area (TPSA) is 12.5 Å². The zero-order chi connectivity index (χ0) is 9.35. The molecule has 0 aromatic rings. The first-order chi connectivity index (χ1) is 5.43. The van der Waals surface area contributed by atoms with E-state index in [1.807, 2.05) is 0 Å². The minimum atomic E-state index is -4.26. The van der Waals surface area contributed by atoms with Crippen molar-refractivity contribution in [3.05, 3.63) is 0 Å². The second kappa shape index (κ2) is 3.22. The molecule has 0 bridgehead atoms. The largest absolute Gasteiger partial charge is 0.428 e. The first-order valence-electron chi connectivity index (χ1n) is 3.87. The molecule has 12 heavy (non-hydrogen) atoms. The van der Waals surface area contributed by atoms with E-state index in [0.717, 1.165) is 0 Å². The zero-order valence-electron chi connectivity index (χ0n) is 7.06. The Kier molecular flexibility index (Phi) is 2.63. The molecular formula is C7H12F3NO. The zero-order valence-corrected chi connectivity index (χ0v) is 7.06. The molecule has 1 atom stereocenters. The van der Waals surface area contributed by atoms with Gasteiger partial charge >= 0.3 is 6.18 Å². The molecule has 72 valence electrons. The molecule has 1 heterocycles. The predicted molar refractivity (Wildman–Crippen MR) is 37.6 cm³/mol. The van der Waals surface area contributed by atoms with Crippen molar-refractivity contribution in [1.82, 2.24) is 4.90 Å². The molecule has 0 aliphatic carbocycles. The first-order valence-corrected chi connectivity index (χ1v) is 3.87. The van der Waals surface area contributed by atoms with E-state index in [9.17, 15) is 13.2 Å². The van der Waals surface area contributed by atoms with Crippen LogP contribution in [-0.4, -0.2) is 36.5 Å². The van der Waals surface area contributed by atoms with E-state index >= 15 is 0 Å². The van der Waals surface area contributed by atoms with Crippen LogP contribution in [0.2, 0.25) is 0 Å². The Labute approximate surface area is 69.3 Å². The first kappa shape index (κ1) is 9.80. The van der Waals surface area contributed by atoms with E-state index in [-0.39, 0.29) is 12.6 Å². The molecule has 0 radical (unpaired) electrons. The van der Waals surface area contributed by atoms with Crippen LogP contribution in [0.3, 0.4) is 0 Å². The summed E-state index contributed by atoms with van der Waals surface area (Å²) < 4.78 is 41.2. The summed E-state index contributed by atoms with van der Waals surface area (Å²) in [6, 6.07) is -0.126. The SMILES string of the molecule is CC(C)N1CCOC1C(F)(F)F. The Balaban J connectivity index is 2.64. The van der Waals surface area contributed by atoms with Crippen molar-refractivity contribution in [1.29, 1.82) is 0 Å². The minimum Gasteiger partial charge on any atom is -0.353 e. The van der Waals surface area contributed by atoms with Gasteiger partial charge in [0.05, 0.1) is 6.61 Å². The van der Waals surface area contributed by atoms with Crippen LogP contribution >= 0.6 is 0 Å². The van der Waals surface area contributed by atoms with Crippen molar-refractivity contribution in [2.24, 2.45) is 0 Å². The summed E-state index contributed by atoms with van der Waals surface area (Å²) in [5, 5.41) is 0. The monoisotopic (exact) mass is 183 g/mol. The molecule has 1 unspecified atom stereocenters. The normalized spacial score (nSPS) is 27.0. The third-order valence-electron chi connectivity index (χ3n) is 1.87. The van der Waals surface area contributed by atoms with Crippen LogP contribution in [0.4, 0.5) is 13.2 Å². The molecule has 0 aromatic carbocycles. The van der Waals surface area contributed by atoms with Gasteiger partial charge in [-0.05, 0) is 13.8 Å². The lowest BCUT2D eigenvalue weighted by Gasteiger charge is -2.27. The molecular weight excluding hydrogens is 171 g/mol. The van der Waals surface area contributed by atoms with E-state index < -0.39 is 12.4 Å². The van der Waals surface area contributed by atoms with Gasteiger partial charge < -0.3 is 4.74 Å². The van der Waals surface area contributed by atoms with E-state index in [1.165, 1.54) is 4.90 Å². The maximum Gasteiger partial charge on any atom is 0.428 e. The Bertz CT molecular complexity index is 157. The smallest absolute Gasteiger partial charge is 0.353 e. The molecule has 1 aliphatic heterocycles. The van der Waals surface area contributed by atoms with Crippen molar-refractivity contribution in [2.75, 3.05) is 13.2 Å². The third-order valence-corrected chi connectivity index (χ3v) is 1.87. The van der Waals surface area contributed by atoms with E-state index in [2.05, 4.69) is 4.74 Å². The van der Waals surface area contributed by atoms with Gasteiger partial charge in [0, 0.05) is 12.6 Å². The summed E-state index contributed by atoms with van der Waals surface area (Å²) in [6.07, 6.45) is -5.96. The lowest BCUT2D eigenvalue weighted by molar-refractivity contribution is -0.243. The average Bonchev–Trinajstić information content (AvgIpc) is 2.30. The van der Waals surface area contributed by atoms with E-state index in [4.69, 9.17) is 0 Å². The van der Waals surface area contributed by atoms with Crippen LogP contribution in [0.15, 0.2) is 0 Å². The van der Waals surface area contributed by atoms with Crippen LogP contribution in [0, 0.1) is 0 Å². The van der Waals surface area contributed by atoms with Gasteiger partial charge in [-0.15, -0.1) is 0 Å². The summed E-state index contributed by atoms with van der Waals surface area (Å²) in [5.41, 5.74) is 0. The van der Waals surface area contributed by atoms with Gasteiger partial charge in [0.25, 0.3) is 0 Å².